The van der Waals surface area contributed by atoms with Crippen LogP contribution in [0, 0.1) is 0 Å². The topological polar surface area (TPSA) is 46.2 Å². The quantitative estimate of drug-likeness (QED) is 0.875. The van der Waals surface area contributed by atoms with Crippen LogP contribution in [0.3, 0.4) is 0 Å². The van der Waals surface area contributed by atoms with Crippen molar-refractivity contribution in [2.45, 2.75) is 0 Å². The van der Waals surface area contributed by atoms with Gasteiger partial charge in [-0.25, -0.2) is 0 Å². The molecule has 0 saturated carbocycles. The number of thiophene rings is 1. The molecule has 1 N–H and O–H groups in total. The van der Waals surface area contributed by atoms with Gasteiger partial charge in [0, 0.05) is 10.6 Å². The average Bonchev–Trinajstić information content (AvgIpc) is 2.83. The molecule has 0 unspecified atom stereocenters. The summed E-state index contributed by atoms with van der Waals surface area (Å²) in [5, 5.41) is 5.25. The van der Waals surface area contributed by atoms with Crippen molar-refractivity contribution in [2.24, 2.45) is 0 Å². The molecule has 0 aliphatic carbocycles. The third kappa shape index (κ3) is 3.56. The number of amides is 1. The van der Waals surface area contributed by atoms with E-state index >= 15 is 0 Å². The highest BCUT2D eigenvalue weighted by atomic mass is 35.5. The van der Waals surface area contributed by atoms with Crippen LogP contribution >= 0.6 is 34.5 Å². The molecule has 0 atom stereocenters. The highest BCUT2D eigenvalue weighted by Gasteiger charge is 2.13. The van der Waals surface area contributed by atoms with Crippen molar-refractivity contribution < 1.29 is 9.59 Å². The molecule has 0 aliphatic heterocycles. The minimum absolute atomic E-state index is 0.0817. The van der Waals surface area contributed by atoms with E-state index in [0.29, 0.717) is 20.5 Å². The van der Waals surface area contributed by atoms with Crippen LogP contribution in [0.15, 0.2) is 35.7 Å². The third-order valence-electron chi connectivity index (χ3n) is 2.39. The van der Waals surface area contributed by atoms with Crippen LogP contribution in [0.25, 0.3) is 0 Å². The SMILES string of the molecule is O=C(NCC(=O)c1sccc1Cl)c1ccc(Cl)cc1. The zero-order valence-electron chi connectivity index (χ0n) is 9.65. The summed E-state index contributed by atoms with van der Waals surface area (Å²) in [6.07, 6.45) is 0. The van der Waals surface area contributed by atoms with E-state index in [0.717, 1.165) is 0 Å². The zero-order chi connectivity index (χ0) is 13.8. The van der Waals surface area contributed by atoms with Gasteiger partial charge in [-0.3, -0.25) is 9.59 Å². The Bertz CT molecular complexity index is 607. The number of hydrogen-bond acceptors (Lipinski definition) is 3. The molecule has 0 bridgehead atoms. The van der Waals surface area contributed by atoms with E-state index in [-0.39, 0.29) is 18.2 Å². The molecule has 1 amide bonds. The smallest absolute Gasteiger partial charge is 0.251 e. The Morgan fingerprint density at radius 2 is 1.79 bits per heavy atom. The van der Waals surface area contributed by atoms with Crippen LogP contribution < -0.4 is 5.32 Å². The molecule has 0 spiro atoms. The number of benzene rings is 1. The monoisotopic (exact) mass is 313 g/mol. The van der Waals surface area contributed by atoms with Gasteiger partial charge in [0.1, 0.15) is 0 Å². The van der Waals surface area contributed by atoms with Gasteiger partial charge in [0.25, 0.3) is 5.91 Å². The molecule has 0 aliphatic rings. The summed E-state index contributed by atoms with van der Waals surface area (Å²) in [5.74, 6) is -0.528. The molecular weight excluding hydrogens is 305 g/mol. The van der Waals surface area contributed by atoms with Crippen LogP contribution in [0.2, 0.25) is 10.0 Å². The second kappa shape index (κ2) is 6.19. The standard InChI is InChI=1S/C13H9Cl2NO2S/c14-9-3-1-8(2-4-9)13(18)16-7-11(17)12-10(15)5-6-19-12/h1-6H,7H2,(H,16,18). The van der Waals surface area contributed by atoms with Crippen LogP contribution in [-0.2, 0) is 0 Å². The van der Waals surface area contributed by atoms with Gasteiger partial charge in [0.15, 0.2) is 5.78 Å². The molecule has 1 aromatic heterocycles. The lowest BCUT2D eigenvalue weighted by Crippen LogP contribution is -2.29. The fourth-order valence-corrected chi connectivity index (χ4v) is 2.66. The summed E-state index contributed by atoms with van der Waals surface area (Å²) < 4.78 is 0. The molecule has 0 fully saturated rings. The average molecular weight is 314 g/mol. The number of rotatable bonds is 4. The second-order valence-electron chi connectivity index (χ2n) is 3.71. The number of carbonyl (C=O) groups is 2. The highest BCUT2D eigenvalue weighted by molar-refractivity contribution is 7.12. The number of nitrogens with one attached hydrogen (secondary N) is 1. The van der Waals surface area contributed by atoms with Crippen molar-refractivity contribution in [3.63, 3.8) is 0 Å². The Morgan fingerprint density at radius 1 is 1.11 bits per heavy atom. The van der Waals surface area contributed by atoms with Gasteiger partial charge < -0.3 is 5.32 Å². The fraction of sp³-hybridized carbons (Fsp3) is 0.0769. The van der Waals surface area contributed by atoms with E-state index in [9.17, 15) is 9.59 Å². The van der Waals surface area contributed by atoms with Crippen molar-refractivity contribution in [1.29, 1.82) is 0 Å². The first-order valence-electron chi connectivity index (χ1n) is 5.38. The minimum Gasteiger partial charge on any atom is -0.345 e. The predicted octanol–water partition coefficient (Wildman–Crippen LogP) is 3.67. The number of carbonyl (C=O) groups excluding carboxylic acids is 2. The number of Topliss-reactive ketones (excluding diaryl/α,β-unsaturated/α-hetero) is 1. The molecule has 19 heavy (non-hydrogen) atoms. The molecular formula is C13H9Cl2NO2S. The summed E-state index contributed by atoms with van der Waals surface area (Å²) in [7, 11) is 0. The van der Waals surface area contributed by atoms with E-state index in [1.165, 1.54) is 11.3 Å². The van der Waals surface area contributed by atoms with Crippen molar-refractivity contribution in [3.8, 4) is 0 Å². The van der Waals surface area contributed by atoms with Crippen LogP contribution in [0.1, 0.15) is 20.0 Å². The highest BCUT2D eigenvalue weighted by Crippen LogP contribution is 2.22. The van der Waals surface area contributed by atoms with Crippen molar-refractivity contribution in [3.05, 3.63) is 56.2 Å². The maximum absolute atomic E-state index is 11.8. The maximum Gasteiger partial charge on any atom is 0.251 e. The van der Waals surface area contributed by atoms with Crippen LogP contribution in [-0.4, -0.2) is 18.2 Å². The Kier molecular flexibility index (Phi) is 4.58. The number of halogens is 2. The molecule has 0 radical (unpaired) electrons. The van der Waals surface area contributed by atoms with Crippen molar-refractivity contribution >= 4 is 46.2 Å². The minimum atomic E-state index is -0.322. The fourth-order valence-electron chi connectivity index (χ4n) is 1.44. The van der Waals surface area contributed by atoms with Gasteiger partial charge >= 0.3 is 0 Å². The first kappa shape index (κ1) is 14.1. The molecule has 2 aromatic rings. The van der Waals surface area contributed by atoms with E-state index in [1.807, 2.05) is 0 Å². The maximum atomic E-state index is 11.8. The first-order valence-corrected chi connectivity index (χ1v) is 7.01. The predicted molar refractivity (Wildman–Crippen MR) is 77.4 cm³/mol. The Hall–Kier alpha value is -1.36. The van der Waals surface area contributed by atoms with Gasteiger partial charge in [0.2, 0.25) is 0 Å². The Labute approximate surface area is 124 Å². The van der Waals surface area contributed by atoms with Gasteiger partial charge in [-0.05, 0) is 35.7 Å². The second-order valence-corrected chi connectivity index (χ2v) is 5.47. The molecule has 6 heteroatoms. The largest absolute Gasteiger partial charge is 0.345 e. The zero-order valence-corrected chi connectivity index (χ0v) is 12.0. The summed E-state index contributed by atoms with van der Waals surface area (Å²) in [5.41, 5.74) is 0.453. The van der Waals surface area contributed by atoms with Crippen LogP contribution in [0.4, 0.5) is 0 Å². The van der Waals surface area contributed by atoms with Gasteiger partial charge in [-0.2, -0.15) is 0 Å². The van der Waals surface area contributed by atoms with Crippen molar-refractivity contribution in [2.75, 3.05) is 6.54 Å². The summed E-state index contributed by atoms with van der Waals surface area (Å²) in [6, 6.07) is 8.09. The lowest BCUT2D eigenvalue weighted by molar-refractivity contribution is 0.0905. The first-order chi connectivity index (χ1) is 9.08. The molecule has 3 nitrogen and oxygen atoms in total. The molecule has 1 aromatic carbocycles. The lowest BCUT2D eigenvalue weighted by Gasteiger charge is -2.04. The Morgan fingerprint density at radius 3 is 2.37 bits per heavy atom. The lowest BCUT2D eigenvalue weighted by atomic mass is 10.2. The Balaban J connectivity index is 1.96. The molecule has 1 heterocycles. The van der Waals surface area contributed by atoms with Gasteiger partial charge in [0.05, 0.1) is 16.4 Å². The van der Waals surface area contributed by atoms with Gasteiger partial charge in [-0.1, -0.05) is 23.2 Å². The number of hydrogen-bond donors (Lipinski definition) is 1. The number of ketones is 1. The van der Waals surface area contributed by atoms with E-state index in [4.69, 9.17) is 23.2 Å². The van der Waals surface area contributed by atoms with Crippen molar-refractivity contribution in [1.82, 2.24) is 5.32 Å². The van der Waals surface area contributed by atoms with Gasteiger partial charge in [-0.15, -0.1) is 11.3 Å². The van der Waals surface area contributed by atoms with Crippen LogP contribution in [0.5, 0.6) is 0 Å². The van der Waals surface area contributed by atoms with E-state index in [1.54, 1.807) is 35.7 Å². The van der Waals surface area contributed by atoms with E-state index < -0.39 is 0 Å². The molecule has 0 saturated heterocycles. The summed E-state index contributed by atoms with van der Waals surface area (Å²) >= 11 is 12.8. The summed E-state index contributed by atoms with van der Waals surface area (Å²) in [4.78, 5) is 24.0. The summed E-state index contributed by atoms with van der Waals surface area (Å²) in [6.45, 7) is -0.0817. The molecule has 2 rings (SSSR count). The third-order valence-corrected chi connectivity index (χ3v) is 4.02. The normalized spacial score (nSPS) is 10.2. The van der Waals surface area contributed by atoms with E-state index in [2.05, 4.69) is 5.32 Å². The molecule has 98 valence electrons.